The maximum Gasteiger partial charge on any atom is 0.321 e. The van der Waals surface area contributed by atoms with E-state index < -0.39 is 0 Å². The summed E-state index contributed by atoms with van der Waals surface area (Å²) in [6.45, 7) is 3.23. The van der Waals surface area contributed by atoms with E-state index in [4.69, 9.17) is 16.1 Å². The van der Waals surface area contributed by atoms with Gasteiger partial charge in [-0.2, -0.15) is 4.98 Å². The Bertz CT molecular complexity index is 929. The second kappa shape index (κ2) is 7.36. The number of urea groups is 1. The number of anilines is 1. The maximum atomic E-state index is 12.6. The number of nitrogens with one attached hydrogen (secondary N) is 1. The van der Waals surface area contributed by atoms with E-state index in [1.165, 1.54) is 0 Å². The molecule has 1 saturated heterocycles. The predicted octanol–water partition coefficient (Wildman–Crippen LogP) is 4.05. The van der Waals surface area contributed by atoms with Crippen LogP contribution in [0.4, 0.5) is 10.5 Å². The fourth-order valence-corrected chi connectivity index (χ4v) is 3.32. The van der Waals surface area contributed by atoms with Gasteiger partial charge < -0.3 is 14.7 Å². The van der Waals surface area contributed by atoms with Gasteiger partial charge in [-0.15, -0.1) is 0 Å². The van der Waals surface area contributed by atoms with Crippen LogP contribution < -0.4 is 5.32 Å². The molecule has 0 spiro atoms. The molecule has 4 rings (SSSR count). The van der Waals surface area contributed by atoms with Crippen molar-refractivity contribution in [2.24, 2.45) is 5.92 Å². The van der Waals surface area contributed by atoms with Gasteiger partial charge in [-0.3, -0.25) is 4.98 Å². The summed E-state index contributed by atoms with van der Waals surface area (Å²) in [6.07, 6.45) is 3.37. The Morgan fingerprint density at radius 1 is 1.19 bits per heavy atom. The van der Waals surface area contributed by atoms with Crippen LogP contribution in [0.5, 0.6) is 0 Å². The fraction of sp³-hybridized carbons (Fsp3) is 0.263. The van der Waals surface area contributed by atoms with Gasteiger partial charge in [0.1, 0.15) is 0 Å². The Balaban J connectivity index is 1.44. The van der Waals surface area contributed by atoms with Gasteiger partial charge >= 0.3 is 6.03 Å². The molecule has 2 amide bonds. The highest BCUT2D eigenvalue weighted by Crippen LogP contribution is 2.32. The number of amides is 2. The predicted molar refractivity (Wildman–Crippen MR) is 101 cm³/mol. The van der Waals surface area contributed by atoms with Crippen molar-refractivity contribution in [2.75, 3.05) is 18.4 Å². The molecule has 7 nitrogen and oxygen atoms in total. The van der Waals surface area contributed by atoms with Crippen LogP contribution in [0.3, 0.4) is 0 Å². The lowest BCUT2D eigenvalue weighted by Crippen LogP contribution is -2.33. The number of rotatable bonds is 3. The number of hydrogen-bond donors (Lipinski definition) is 1. The summed E-state index contributed by atoms with van der Waals surface area (Å²) in [5, 5.41) is 7.58. The van der Waals surface area contributed by atoms with Crippen LogP contribution in [0.15, 0.2) is 53.3 Å². The molecule has 8 heteroatoms. The molecule has 2 aromatic heterocycles. The molecule has 1 aliphatic rings. The number of carbonyl (C=O) groups excluding carboxylic acids is 1. The first-order chi connectivity index (χ1) is 13.1. The normalized spacial score (nSPS) is 19.3. The van der Waals surface area contributed by atoms with Crippen molar-refractivity contribution >= 4 is 23.3 Å². The van der Waals surface area contributed by atoms with E-state index in [0.717, 1.165) is 5.56 Å². The number of aromatic nitrogens is 3. The highest BCUT2D eigenvalue weighted by Gasteiger charge is 2.37. The first-order valence-electron chi connectivity index (χ1n) is 8.65. The largest absolute Gasteiger partial charge is 0.339 e. The van der Waals surface area contributed by atoms with Crippen LogP contribution in [0, 0.1) is 5.92 Å². The molecule has 0 saturated carbocycles. The van der Waals surface area contributed by atoms with Crippen molar-refractivity contribution in [3.05, 3.63) is 59.7 Å². The molecule has 0 radical (unpaired) electrons. The van der Waals surface area contributed by atoms with Crippen LogP contribution in [-0.2, 0) is 0 Å². The Hall–Kier alpha value is -2.93. The van der Waals surface area contributed by atoms with Crippen molar-refractivity contribution in [1.29, 1.82) is 0 Å². The quantitative estimate of drug-likeness (QED) is 0.737. The van der Waals surface area contributed by atoms with Crippen molar-refractivity contribution in [1.82, 2.24) is 20.0 Å². The minimum atomic E-state index is -0.152. The lowest BCUT2D eigenvalue weighted by molar-refractivity contribution is 0.220. The van der Waals surface area contributed by atoms with E-state index in [2.05, 4.69) is 27.4 Å². The molecule has 1 aliphatic heterocycles. The number of benzene rings is 1. The number of halogens is 1. The minimum Gasteiger partial charge on any atom is -0.339 e. The third-order valence-corrected chi connectivity index (χ3v) is 4.94. The first-order valence-corrected chi connectivity index (χ1v) is 9.03. The van der Waals surface area contributed by atoms with Gasteiger partial charge in [0.25, 0.3) is 0 Å². The van der Waals surface area contributed by atoms with Crippen molar-refractivity contribution < 1.29 is 9.32 Å². The zero-order valence-electron chi connectivity index (χ0n) is 14.7. The Morgan fingerprint density at radius 2 is 1.93 bits per heavy atom. The number of pyridine rings is 1. The average molecular weight is 384 g/mol. The highest BCUT2D eigenvalue weighted by molar-refractivity contribution is 6.30. The summed E-state index contributed by atoms with van der Waals surface area (Å²) in [5.41, 5.74) is 1.56. The van der Waals surface area contributed by atoms with Gasteiger partial charge in [-0.25, -0.2) is 4.79 Å². The summed E-state index contributed by atoms with van der Waals surface area (Å²) in [7, 11) is 0. The molecule has 2 unspecified atom stereocenters. The maximum absolute atomic E-state index is 12.6. The summed E-state index contributed by atoms with van der Waals surface area (Å²) < 4.78 is 5.48. The molecule has 3 aromatic rings. The van der Waals surface area contributed by atoms with Gasteiger partial charge in [0.15, 0.2) is 0 Å². The first kappa shape index (κ1) is 17.5. The molecule has 1 fully saturated rings. The van der Waals surface area contributed by atoms with E-state index in [1.807, 2.05) is 12.1 Å². The molecule has 1 aromatic carbocycles. The summed E-state index contributed by atoms with van der Waals surface area (Å²) in [6, 6.07) is 10.5. The molecule has 1 N–H and O–H groups in total. The lowest BCUT2D eigenvalue weighted by atomic mass is 9.98. The molecule has 3 heterocycles. The third-order valence-electron chi connectivity index (χ3n) is 4.69. The number of carbonyl (C=O) groups is 1. The Morgan fingerprint density at radius 3 is 2.67 bits per heavy atom. The van der Waals surface area contributed by atoms with E-state index in [1.54, 1.807) is 41.6 Å². The number of nitrogens with zero attached hydrogens (tertiary/aromatic N) is 4. The summed E-state index contributed by atoms with van der Waals surface area (Å²) in [4.78, 5) is 22.8. The Kier molecular flexibility index (Phi) is 4.77. The lowest BCUT2D eigenvalue weighted by Gasteiger charge is -2.16. The fourth-order valence-electron chi connectivity index (χ4n) is 3.19. The summed E-state index contributed by atoms with van der Waals surface area (Å²) >= 11 is 5.88. The molecule has 27 heavy (non-hydrogen) atoms. The van der Waals surface area contributed by atoms with Crippen LogP contribution in [0.1, 0.15) is 18.7 Å². The highest BCUT2D eigenvalue weighted by atomic mass is 35.5. The molecule has 2 atom stereocenters. The SMILES string of the molecule is CC1CN(C(=O)Nc2ccc(Cl)cc2)CC1c1nc(-c2ccncc2)no1. The van der Waals surface area contributed by atoms with Gasteiger partial charge in [-0.1, -0.05) is 23.7 Å². The molecular formula is C19H18ClN5O2. The molecular weight excluding hydrogens is 366 g/mol. The zero-order chi connectivity index (χ0) is 18.8. The molecule has 0 aliphatic carbocycles. The minimum absolute atomic E-state index is 0.00375. The van der Waals surface area contributed by atoms with E-state index >= 15 is 0 Å². The van der Waals surface area contributed by atoms with Gasteiger partial charge in [-0.05, 0) is 42.3 Å². The van der Waals surface area contributed by atoms with Crippen molar-refractivity contribution in [3.8, 4) is 11.4 Å². The van der Waals surface area contributed by atoms with E-state index in [0.29, 0.717) is 35.5 Å². The smallest absolute Gasteiger partial charge is 0.321 e. The van der Waals surface area contributed by atoms with E-state index in [-0.39, 0.29) is 17.9 Å². The van der Waals surface area contributed by atoms with Crippen molar-refractivity contribution in [2.45, 2.75) is 12.8 Å². The topological polar surface area (TPSA) is 84.2 Å². The van der Waals surface area contributed by atoms with E-state index in [9.17, 15) is 4.79 Å². The van der Waals surface area contributed by atoms with Crippen LogP contribution in [0.2, 0.25) is 5.02 Å². The molecule has 0 bridgehead atoms. The number of likely N-dealkylation sites (tertiary alicyclic amines) is 1. The van der Waals surface area contributed by atoms with Crippen molar-refractivity contribution in [3.63, 3.8) is 0 Å². The average Bonchev–Trinajstić information content (AvgIpc) is 3.31. The standard InChI is InChI=1S/C19H18ClN5O2/c1-12-10-25(19(26)22-15-4-2-14(20)3-5-15)11-16(12)18-23-17(24-27-18)13-6-8-21-9-7-13/h2-9,12,16H,10-11H2,1H3,(H,22,26). The zero-order valence-corrected chi connectivity index (χ0v) is 15.4. The number of hydrogen-bond acceptors (Lipinski definition) is 5. The molecule has 138 valence electrons. The third kappa shape index (κ3) is 3.78. The van der Waals surface area contributed by atoms with Crippen LogP contribution in [0.25, 0.3) is 11.4 Å². The van der Waals surface area contributed by atoms with Crippen LogP contribution >= 0.6 is 11.6 Å². The van der Waals surface area contributed by atoms with Crippen LogP contribution in [-0.4, -0.2) is 39.1 Å². The second-order valence-electron chi connectivity index (χ2n) is 6.62. The van der Waals surface area contributed by atoms with Gasteiger partial charge in [0.2, 0.25) is 11.7 Å². The second-order valence-corrected chi connectivity index (χ2v) is 7.05. The van der Waals surface area contributed by atoms with Gasteiger partial charge in [0, 0.05) is 41.8 Å². The Labute approximate surface area is 161 Å². The monoisotopic (exact) mass is 383 g/mol. The summed E-state index contributed by atoms with van der Waals surface area (Å²) in [5.74, 6) is 1.30. The van der Waals surface area contributed by atoms with Gasteiger partial charge in [0.05, 0.1) is 5.92 Å².